The van der Waals surface area contributed by atoms with Gasteiger partial charge in [-0.25, -0.2) is 0 Å². The van der Waals surface area contributed by atoms with Crippen LogP contribution < -0.4 is 5.32 Å². The molecule has 0 radical (unpaired) electrons. The number of hydrogen-bond donors (Lipinski definition) is 1. The minimum atomic E-state index is 0.219. The van der Waals surface area contributed by atoms with Crippen molar-refractivity contribution < 1.29 is 0 Å². The summed E-state index contributed by atoms with van der Waals surface area (Å²) in [4.78, 5) is 2.48. The molecule has 104 valence electrons. The van der Waals surface area contributed by atoms with Crippen molar-refractivity contribution in [1.82, 2.24) is 10.2 Å². The molecule has 0 aliphatic rings. The zero-order valence-electron chi connectivity index (χ0n) is 13.5. The van der Waals surface area contributed by atoms with Gasteiger partial charge in [-0.05, 0) is 52.6 Å². The molecular formula is C15H34N2. The highest BCUT2D eigenvalue weighted by Gasteiger charge is 2.22. The SMILES string of the molecule is CC(CNC(C)(C)C)C(C)N(C)CC(C)(C)C. The summed E-state index contributed by atoms with van der Waals surface area (Å²) in [5, 5.41) is 3.59. The lowest BCUT2D eigenvalue weighted by molar-refractivity contribution is 0.140. The molecule has 0 heterocycles. The highest BCUT2D eigenvalue weighted by atomic mass is 15.1. The van der Waals surface area contributed by atoms with Gasteiger partial charge in [0.2, 0.25) is 0 Å². The Labute approximate surface area is 109 Å². The quantitative estimate of drug-likeness (QED) is 0.795. The second-order valence-corrected chi connectivity index (χ2v) is 7.82. The number of nitrogens with zero attached hydrogens (tertiary/aromatic N) is 1. The molecule has 0 rings (SSSR count). The van der Waals surface area contributed by atoms with E-state index in [0.29, 0.717) is 17.4 Å². The van der Waals surface area contributed by atoms with Gasteiger partial charge in [-0.15, -0.1) is 0 Å². The van der Waals surface area contributed by atoms with Gasteiger partial charge in [0.1, 0.15) is 0 Å². The van der Waals surface area contributed by atoms with Gasteiger partial charge in [0, 0.05) is 18.1 Å². The Morgan fingerprint density at radius 2 is 1.47 bits per heavy atom. The molecule has 0 fully saturated rings. The molecule has 2 heteroatoms. The number of nitrogens with one attached hydrogen (secondary N) is 1. The van der Waals surface area contributed by atoms with Gasteiger partial charge < -0.3 is 10.2 Å². The molecule has 2 nitrogen and oxygen atoms in total. The van der Waals surface area contributed by atoms with Crippen molar-refractivity contribution >= 4 is 0 Å². The molecule has 1 N–H and O–H groups in total. The number of hydrogen-bond acceptors (Lipinski definition) is 2. The maximum atomic E-state index is 3.59. The van der Waals surface area contributed by atoms with Gasteiger partial charge in [0.15, 0.2) is 0 Å². The molecule has 0 aliphatic carbocycles. The lowest BCUT2D eigenvalue weighted by Gasteiger charge is -2.35. The molecular weight excluding hydrogens is 208 g/mol. The van der Waals surface area contributed by atoms with Crippen LogP contribution in [0.25, 0.3) is 0 Å². The van der Waals surface area contributed by atoms with Crippen LogP contribution in [-0.2, 0) is 0 Å². The number of rotatable bonds is 5. The van der Waals surface area contributed by atoms with Crippen LogP contribution >= 0.6 is 0 Å². The monoisotopic (exact) mass is 242 g/mol. The summed E-state index contributed by atoms with van der Waals surface area (Å²) < 4.78 is 0. The highest BCUT2D eigenvalue weighted by Crippen LogP contribution is 2.18. The van der Waals surface area contributed by atoms with Crippen LogP contribution in [0.1, 0.15) is 55.4 Å². The fraction of sp³-hybridized carbons (Fsp3) is 1.00. The van der Waals surface area contributed by atoms with Crippen LogP contribution in [0.5, 0.6) is 0 Å². The highest BCUT2D eigenvalue weighted by molar-refractivity contribution is 4.79. The molecule has 0 bridgehead atoms. The lowest BCUT2D eigenvalue weighted by Crippen LogP contribution is -2.46. The van der Waals surface area contributed by atoms with E-state index in [9.17, 15) is 0 Å². The zero-order valence-corrected chi connectivity index (χ0v) is 13.5. The van der Waals surface area contributed by atoms with E-state index in [1.807, 2.05) is 0 Å². The largest absolute Gasteiger partial charge is 0.312 e. The summed E-state index contributed by atoms with van der Waals surface area (Å²) in [5.41, 5.74) is 0.594. The van der Waals surface area contributed by atoms with Gasteiger partial charge in [-0.2, -0.15) is 0 Å². The van der Waals surface area contributed by atoms with Crippen LogP contribution in [0.4, 0.5) is 0 Å². The molecule has 0 aromatic rings. The Balaban J connectivity index is 4.16. The third kappa shape index (κ3) is 8.62. The minimum absolute atomic E-state index is 0.219. The van der Waals surface area contributed by atoms with Crippen molar-refractivity contribution in [2.45, 2.75) is 67.0 Å². The van der Waals surface area contributed by atoms with Crippen molar-refractivity contribution in [3.05, 3.63) is 0 Å². The first kappa shape index (κ1) is 16.9. The van der Waals surface area contributed by atoms with E-state index in [1.165, 1.54) is 0 Å². The maximum Gasteiger partial charge on any atom is 0.0102 e. The molecule has 0 aliphatic heterocycles. The second-order valence-electron chi connectivity index (χ2n) is 7.82. The van der Waals surface area contributed by atoms with E-state index in [0.717, 1.165) is 13.1 Å². The predicted molar refractivity (Wildman–Crippen MR) is 78.5 cm³/mol. The summed E-state index contributed by atoms with van der Waals surface area (Å²) >= 11 is 0. The maximum absolute atomic E-state index is 3.59. The third-order valence-corrected chi connectivity index (χ3v) is 3.20. The molecule has 0 aromatic carbocycles. The standard InChI is InChI=1S/C15H34N2/c1-12(10-16-15(6,7)8)13(2)17(9)11-14(3,4)5/h12-13,16H,10-11H2,1-9H3. The Morgan fingerprint density at radius 3 is 1.82 bits per heavy atom. The van der Waals surface area contributed by atoms with E-state index in [2.05, 4.69) is 72.7 Å². The van der Waals surface area contributed by atoms with Gasteiger partial charge in [-0.1, -0.05) is 27.7 Å². The van der Waals surface area contributed by atoms with Gasteiger partial charge >= 0.3 is 0 Å². The molecule has 17 heavy (non-hydrogen) atoms. The molecule has 0 saturated heterocycles. The van der Waals surface area contributed by atoms with Crippen molar-refractivity contribution in [3.8, 4) is 0 Å². The summed E-state index contributed by atoms with van der Waals surface area (Å²) in [6, 6.07) is 0.615. The minimum Gasteiger partial charge on any atom is -0.312 e. The van der Waals surface area contributed by atoms with Crippen LogP contribution in [0.3, 0.4) is 0 Å². The molecule has 0 saturated carbocycles. The zero-order chi connectivity index (χ0) is 13.9. The van der Waals surface area contributed by atoms with E-state index in [4.69, 9.17) is 0 Å². The lowest BCUT2D eigenvalue weighted by atomic mass is 9.93. The first-order valence-corrected chi connectivity index (χ1v) is 6.88. The van der Waals surface area contributed by atoms with Gasteiger partial charge in [0.05, 0.1) is 0 Å². The van der Waals surface area contributed by atoms with Crippen molar-refractivity contribution in [2.24, 2.45) is 11.3 Å². The van der Waals surface area contributed by atoms with E-state index >= 15 is 0 Å². The van der Waals surface area contributed by atoms with Crippen molar-refractivity contribution in [2.75, 3.05) is 20.1 Å². The Hall–Kier alpha value is -0.0800. The van der Waals surface area contributed by atoms with E-state index < -0.39 is 0 Å². The smallest absolute Gasteiger partial charge is 0.0102 e. The van der Waals surface area contributed by atoms with Gasteiger partial charge in [-0.3, -0.25) is 0 Å². The van der Waals surface area contributed by atoms with Crippen LogP contribution in [0.15, 0.2) is 0 Å². The Kier molecular flexibility index (Phi) is 6.16. The van der Waals surface area contributed by atoms with Crippen LogP contribution in [-0.4, -0.2) is 36.6 Å². The Morgan fingerprint density at radius 1 is 1.00 bits per heavy atom. The third-order valence-electron chi connectivity index (χ3n) is 3.20. The summed E-state index contributed by atoms with van der Waals surface area (Å²) in [7, 11) is 2.24. The first-order valence-electron chi connectivity index (χ1n) is 6.88. The molecule has 0 amide bonds. The summed E-state index contributed by atoms with van der Waals surface area (Å²) in [6.45, 7) is 20.5. The predicted octanol–water partition coefficient (Wildman–Crippen LogP) is 3.38. The van der Waals surface area contributed by atoms with Gasteiger partial charge in [0.25, 0.3) is 0 Å². The molecule has 2 unspecified atom stereocenters. The fourth-order valence-corrected chi connectivity index (χ4v) is 1.96. The summed E-state index contributed by atoms with van der Waals surface area (Å²) in [6.07, 6.45) is 0. The molecule has 0 aromatic heterocycles. The molecule has 2 atom stereocenters. The Bertz CT molecular complexity index is 210. The van der Waals surface area contributed by atoms with Crippen molar-refractivity contribution in [1.29, 1.82) is 0 Å². The van der Waals surface area contributed by atoms with E-state index in [-0.39, 0.29) is 5.54 Å². The van der Waals surface area contributed by atoms with E-state index in [1.54, 1.807) is 0 Å². The first-order chi connectivity index (χ1) is 7.42. The fourth-order valence-electron chi connectivity index (χ4n) is 1.96. The normalized spacial score (nSPS) is 17.3. The van der Waals surface area contributed by atoms with Crippen LogP contribution in [0, 0.1) is 11.3 Å². The second kappa shape index (κ2) is 6.19. The topological polar surface area (TPSA) is 15.3 Å². The summed E-state index contributed by atoms with van der Waals surface area (Å²) in [5.74, 6) is 0.668. The molecule has 0 spiro atoms. The average Bonchev–Trinajstić information content (AvgIpc) is 2.08. The average molecular weight is 242 g/mol. The van der Waals surface area contributed by atoms with Crippen molar-refractivity contribution in [3.63, 3.8) is 0 Å². The van der Waals surface area contributed by atoms with Crippen LogP contribution in [0.2, 0.25) is 0 Å².